The van der Waals surface area contributed by atoms with Crippen LogP contribution >= 0.6 is 0 Å². The first-order valence-corrected chi connectivity index (χ1v) is 11.3. The molecule has 3 rings (SSSR count). The van der Waals surface area contributed by atoms with Crippen molar-refractivity contribution in [2.45, 2.75) is 39.8 Å². The van der Waals surface area contributed by atoms with E-state index in [1.807, 2.05) is 19.2 Å². The third-order valence-corrected chi connectivity index (χ3v) is 6.31. The fourth-order valence-corrected chi connectivity index (χ4v) is 4.21. The third-order valence-electron chi connectivity index (χ3n) is 6.31. The molecule has 1 aliphatic heterocycles. The Balaban J connectivity index is 1.62. The molecule has 0 radical (unpaired) electrons. The largest absolute Gasteiger partial charge is 0.493 e. The van der Waals surface area contributed by atoms with Gasteiger partial charge in [-0.2, -0.15) is 0 Å². The molecule has 2 atom stereocenters. The average molecular weight is 441 g/mol. The minimum Gasteiger partial charge on any atom is -0.493 e. The first-order chi connectivity index (χ1) is 15.4. The van der Waals surface area contributed by atoms with Crippen LogP contribution in [0.2, 0.25) is 0 Å². The number of nitrogens with one attached hydrogen (secondary N) is 1. The second-order valence-corrected chi connectivity index (χ2v) is 8.58. The molecule has 0 spiro atoms. The maximum Gasteiger partial charge on any atom is 0.238 e. The summed E-state index contributed by atoms with van der Waals surface area (Å²) in [5.41, 5.74) is 2.98. The van der Waals surface area contributed by atoms with Crippen LogP contribution in [0, 0.1) is 12.8 Å². The molecule has 0 aliphatic carbocycles. The van der Waals surface area contributed by atoms with E-state index in [0.717, 1.165) is 38.3 Å². The Morgan fingerprint density at radius 2 is 1.97 bits per heavy atom. The van der Waals surface area contributed by atoms with Crippen molar-refractivity contribution in [1.82, 2.24) is 14.8 Å². The Labute approximate surface area is 191 Å². The molecular weight excluding hydrogens is 404 g/mol. The number of carbonyl (C=O) groups excluding carboxylic acids is 1. The second kappa shape index (κ2) is 11.3. The van der Waals surface area contributed by atoms with Crippen molar-refractivity contribution in [2.24, 2.45) is 5.92 Å². The molecule has 1 saturated heterocycles. The maximum absolute atomic E-state index is 12.8. The van der Waals surface area contributed by atoms with Crippen LogP contribution in [0.1, 0.15) is 31.5 Å². The zero-order valence-corrected chi connectivity index (χ0v) is 19.9. The lowest BCUT2D eigenvalue weighted by molar-refractivity contribution is -0.119. The topological polar surface area (TPSA) is 66.9 Å². The predicted octanol–water partition coefficient (Wildman–Crippen LogP) is 3.58. The first kappa shape index (κ1) is 24.0. The average Bonchev–Trinajstić information content (AvgIpc) is 2.80. The summed E-state index contributed by atoms with van der Waals surface area (Å²) in [6.07, 6.45) is 3.05. The standard InChI is InChI=1S/C25H36N4O3/c1-6-18(2)22-16-28(15-20-8-7-19(3)26-14-20)11-12-29(22)17-25(30)27-21-9-10-23(31-4)24(13-21)32-5/h7-10,13-14,18,22H,6,11-12,15-17H2,1-5H3,(H,27,30)/t18-,22+/m0/s1. The number of rotatable bonds is 9. The Morgan fingerprint density at radius 1 is 1.19 bits per heavy atom. The number of aromatic nitrogens is 1. The monoisotopic (exact) mass is 440 g/mol. The molecule has 1 amide bonds. The number of pyridine rings is 1. The molecule has 1 aromatic heterocycles. The normalized spacial score (nSPS) is 18.2. The smallest absolute Gasteiger partial charge is 0.238 e. The number of methoxy groups -OCH3 is 2. The summed E-state index contributed by atoms with van der Waals surface area (Å²) in [7, 11) is 3.19. The highest BCUT2D eigenvalue weighted by Gasteiger charge is 2.31. The number of piperazine rings is 1. The molecule has 0 unspecified atom stereocenters. The molecule has 1 aliphatic rings. The van der Waals surface area contributed by atoms with Crippen molar-refractivity contribution in [2.75, 3.05) is 45.7 Å². The maximum atomic E-state index is 12.8. The van der Waals surface area contributed by atoms with E-state index in [9.17, 15) is 4.79 Å². The highest BCUT2D eigenvalue weighted by atomic mass is 16.5. The predicted molar refractivity (Wildman–Crippen MR) is 127 cm³/mol. The number of benzene rings is 1. The number of hydrogen-bond donors (Lipinski definition) is 1. The second-order valence-electron chi connectivity index (χ2n) is 8.58. The van der Waals surface area contributed by atoms with Crippen molar-refractivity contribution in [3.63, 3.8) is 0 Å². The van der Waals surface area contributed by atoms with Gasteiger partial charge in [0.2, 0.25) is 5.91 Å². The minimum absolute atomic E-state index is 0.0123. The lowest BCUT2D eigenvalue weighted by atomic mass is 9.95. The molecule has 174 valence electrons. The quantitative estimate of drug-likeness (QED) is 0.643. The van der Waals surface area contributed by atoms with Crippen molar-refractivity contribution in [1.29, 1.82) is 0 Å². The molecular formula is C25H36N4O3. The van der Waals surface area contributed by atoms with Crippen LogP contribution in [0.15, 0.2) is 36.5 Å². The van der Waals surface area contributed by atoms with Gasteiger partial charge in [0.25, 0.3) is 0 Å². The number of carbonyl (C=O) groups is 1. The van der Waals surface area contributed by atoms with Crippen molar-refractivity contribution >= 4 is 11.6 Å². The summed E-state index contributed by atoms with van der Waals surface area (Å²) in [4.78, 5) is 22.1. The number of hydrogen-bond acceptors (Lipinski definition) is 6. The van der Waals surface area contributed by atoms with Gasteiger partial charge in [0.1, 0.15) is 0 Å². The molecule has 7 nitrogen and oxygen atoms in total. The SMILES string of the molecule is CC[C@H](C)[C@H]1CN(Cc2ccc(C)nc2)CCN1CC(=O)Nc1ccc(OC)c(OC)c1. The van der Waals surface area contributed by atoms with E-state index in [1.54, 1.807) is 26.4 Å². The van der Waals surface area contributed by atoms with Crippen LogP contribution in [0.4, 0.5) is 5.69 Å². The van der Waals surface area contributed by atoms with E-state index < -0.39 is 0 Å². The minimum atomic E-state index is -0.0123. The van der Waals surface area contributed by atoms with E-state index in [0.29, 0.717) is 35.7 Å². The summed E-state index contributed by atoms with van der Waals surface area (Å²) in [5, 5.41) is 3.01. The first-order valence-electron chi connectivity index (χ1n) is 11.3. The van der Waals surface area contributed by atoms with Gasteiger partial charge >= 0.3 is 0 Å². The summed E-state index contributed by atoms with van der Waals surface area (Å²) >= 11 is 0. The molecule has 2 heterocycles. The van der Waals surface area contributed by atoms with Crippen LogP contribution in [0.3, 0.4) is 0 Å². The van der Waals surface area contributed by atoms with Crippen LogP contribution < -0.4 is 14.8 Å². The molecule has 2 aromatic rings. The summed E-state index contributed by atoms with van der Waals surface area (Å²) in [5.74, 6) is 1.73. The molecule has 32 heavy (non-hydrogen) atoms. The molecule has 0 saturated carbocycles. The fourth-order valence-electron chi connectivity index (χ4n) is 4.21. The van der Waals surface area contributed by atoms with Gasteiger partial charge in [-0.1, -0.05) is 26.3 Å². The van der Waals surface area contributed by atoms with E-state index in [1.165, 1.54) is 5.56 Å². The number of amides is 1. The molecule has 7 heteroatoms. The lowest BCUT2D eigenvalue weighted by Gasteiger charge is -2.43. The lowest BCUT2D eigenvalue weighted by Crippen LogP contribution is -2.56. The van der Waals surface area contributed by atoms with Gasteiger partial charge in [-0.3, -0.25) is 19.6 Å². The number of ether oxygens (including phenoxy) is 2. The molecule has 1 fully saturated rings. The highest BCUT2D eigenvalue weighted by molar-refractivity contribution is 5.92. The molecule has 0 bridgehead atoms. The molecule has 1 aromatic carbocycles. The zero-order valence-electron chi connectivity index (χ0n) is 19.9. The van der Waals surface area contributed by atoms with Crippen molar-refractivity contribution in [3.8, 4) is 11.5 Å². The fraction of sp³-hybridized carbons (Fsp3) is 0.520. The van der Waals surface area contributed by atoms with Gasteiger partial charge in [-0.25, -0.2) is 0 Å². The van der Waals surface area contributed by atoms with Gasteiger partial charge in [0.05, 0.1) is 20.8 Å². The van der Waals surface area contributed by atoms with Crippen LogP contribution in [-0.4, -0.2) is 67.1 Å². The Kier molecular flexibility index (Phi) is 8.47. The van der Waals surface area contributed by atoms with E-state index >= 15 is 0 Å². The van der Waals surface area contributed by atoms with E-state index in [4.69, 9.17) is 9.47 Å². The zero-order chi connectivity index (χ0) is 23.1. The summed E-state index contributed by atoms with van der Waals surface area (Å²) in [6.45, 7) is 10.5. The number of nitrogens with zero attached hydrogens (tertiary/aromatic N) is 3. The van der Waals surface area contributed by atoms with Crippen LogP contribution in [0.25, 0.3) is 0 Å². The number of anilines is 1. The summed E-state index contributed by atoms with van der Waals surface area (Å²) in [6, 6.07) is 9.98. The van der Waals surface area contributed by atoms with Crippen molar-refractivity contribution in [3.05, 3.63) is 47.8 Å². The highest BCUT2D eigenvalue weighted by Crippen LogP contribution is 2.30. The van der Waals surface area contributed by atoms with Gasteiger partial charge in [0.15, 0.2) is 11.5 Å². The summed E-state index contributed by atoms with van der Waals surface area (Å²) < 4.78 is 10.6. The van der Waals surface area contributed by atoms with Gasteiger partial charge < -0.3 is 14.8 Å². The van der Waals surface area contributed by atoms with E-state index in [2.05, 4.69) is 46.1 Å². The third kappa shape index (κ3) is 6.20. The van der Waals surface area contributed by atoms with Gasteiger partial charge in [-0.15, -0.1) is 0 Å². The number of aryl methyl sites for hydroxylation is 1. The van der Waals surface area contributed by atoms with Crippen LogP contribution in [-0.2, 0) is 11.3 Å². The van der Waals surface area contributed by atoms with Crippen molar-refractivity contribution < 1.29 is 14.3 Å². The molecule has 1 N–H and O–H groups in total. The Bertz CT molecular complexity index is 887. The van der Waals surface area contributed by atoms with Crippen LogP contribution in [0.5, 0.6) is 11.5 Å². The van der Waals surface area contributed by atoms with E-state index in [-0.39, 0.29) is 5.91 Å². The Morgan fingerprint density at radius 3 is 2.62 bits per heavy atom. The Hall–Kier alpha value is -2.64. The van der Waals surface area contributed by atoms with Gasteiger partial charge in [-0.05, 0) is 36.6 Å². The van der Waals surface area contributed by atoms with Gasteiger partial charge in [0, 0.05) is 55.9 Å².